The topological polar surface area (TPSA) is 101 Å². The van der Waals surface area contributed by atoms with Crippen molar-refractivity contribution in [3.8, 4) is 0 Å². The highest BCUT2D eigenvalue weighted by Gasteiger charge is 2.22. The zero-order valence-corrected chi connectivity index (χ0v) is 14.2. The predicted octanol–water partition coefficient (Wildman–Crippen LogP) is 1.26. The lowest BCUT2D eigenvalue weighted by Crippen LogP contribution is -2.42. The van der Waals surface area contributed by atoms with Gasteiger partial charge in [-0.3, -0.25) is 4.79 Å². The molecule has 1 aromatic carbocycles. The number of amides is 1. The first-order valence-corrected chi connectivity index (χ1v) is 9.28. The number of hydrogen-bond acceptors (Lipinski definition) is 4. The number of aliphatic carboxylic acids is 1. The van der Waals surface area contributed by atoms with Crippen LogP contribution in [0.15, 0.2) is 30.3 Å². The number of carboxylic acids is 1. The van der Waals surface area contributed by atoms with E-state index in [1.807, 2.05) is 6.07 Å². The van der Waals surface area contributed by atoms with Gasteiger partial charge in [-0.15, -0.1) is 0 Å². The van der Waals surface area contributed by atoms with Crippen LogP contribution < -0.4 is 5.32 Å². The van der Waals surface area contributed by atoms with Crippen molar-refractivity contribution >= 4 is 21.7 Å². The van der Waals surface area contributed by atoms with Crippen LogP contribution in [0, 0.1) is 5.92 Å². The third kappa shape index (κ3) is 7.78. The van der Waals surface area contributed by atoms with E-state index in [1.165, 1.54) is 0 Å². The number of nitrogens with one attached hydrogen (secondary N) is 1. The van der Waals surface area contributed by atoms with Gasteiger partial charge in [-0.2, -0.15) is 0 Å². The van der Waals surface area contributed by atoms with Gasteiger partial charge >= 0.3 is 5.97 Å². The van der Waals surface area contributed by atoms with Crippen molar-refractivity contribution in [1.82, 2.24) is 5.32 Å². The third-order valence-electron chi connectivity index (χ3n) is 3.14. The standard InChI is InChI=1S/C16H23NO5S/c1-12(2)11-23(21,22)9-8-15(18)17-14(16(19)20)10-13-6-4-3-5-7-13/h3-7,12,14H,8-11H2,1-2H3,(H,17,18)(H,19,20)/t14-/m1/s1. The van der Waals surface area contributed by atoms with Gasteiger partial charge in [0.15, 0.2) is 9.84 Å². The van der Waals surface area contributed by atoms with Gasteiger partial charge in [0.2, 0.25) is 5.91 Å². The van der Waals surface area contributed by atoms with Crippen LogP contribution in [-0.4, -0.2) is 42.9 Å². The first-order chi connectivity index (χ1) is 10.7. The Bertz CT molecular complexity index is 625. The number of hydrogen-bond donors (Lipinski definition) is 2. The van der Waals surface area contributed by atoms with Crippen molar-refractivity contribution in [3.63, 3.8) is 0 Å². The highest BCUT2D eigenvalue weighted by molar-refractivity contribution is 7.91. The lowest BCUT2D eigenvalue weighted by molar-refractivity contribution is -0.141. The summed E-state index contributed by atoms with van der Waals surface area (Å²) in [6, 6.07) is 7.86. The quantitative estimate of drug-likeness (QED) is 0.704. The number of benzene rings is 1. The molecule has 0 unspecified atom stereocenters. The maximum atomic E-state index is 11.8. The second-order valence-electron chi connectivity index (χ2n) is 5.91. The molecule has 0 aliphatic rings. The van der Waals surface area contributed by atoms with E-state index in [4.69, 9.17) is 0 Å². The van der Waals surface area contributed by atoms with Crippen LogP contribution in [0.3, 0.4) is 0 Å². The fourth-order valence-corrected chi connectivity index (χ4v) is 3.83. The van der Waals surface area contributed by atoms with Crippen molar-refractivity contribution in [2.24, 2.45) is 5.92 Å². The summed E-state index contributed by atoms with van der Waals surface area (Å²) in [6.45, 7) is 3.58. The number of sulfone groups is 1. The molecule has 0 aliphatic carbocycles. The van der Waals surface area contributed by atoms with E-state index in [-0.39, 0.29) is 30.3 Å². The molecule has 0 bridgehead atoms. The largest absolute Gasteiger partial charge is 0.480 e. The summed E-state index contributed by atoms with van der Waals surface area (Å²) in [4.78, 5) is 23.1. The molecule has 0 aromatic heterocycles. The lowest BCUT2D eigenvalue weighted by Gasteiger charge is -2.15. The molecule has 0 spiro atoms. The molecule has 0 aliphatic heterocycles. The summed E-state index contributed by atoms with van der Waals surface area (Å²) in [5.74, 6) is -1.97. The Morgan fingerprint density at radius 3 is 2.30 bits per heavy atom. The number of rotatable bonds is 9. The summed E-state index contributed by atoms with van der Waals surface area (Å²) < 4.78 is 23.5. The third-order valence-corrected chi connectivity index (χ3v) is 5.14. The Labute approximate surface area is 136 Å². The molecule has 128 valence electrons. The van der Waals surface area contributed by atoms with Crippen LogP contribution in [0.4, 0.5) is 0 Å². The summed E-state index contributed by atoms with van der Waals surface area (Å²) in [7, 11) is -3.30. The van der Waals surface area contributed by atoms with Crippen molar-refractivity contribution in [2.45, 2.75) is 32.7 Å². The molecule has 7 heteroatoms. The van der Waals surface area contributed by atoms with Crippen molar-refractivity contribution in [3.05, 3.63) is 35.9 Å². The van der Waals surface area contributed by atoms with Crippen LogP contribution in [0.2, 0.25) is 0 Å². The Morgan fingerprint density at radius 2 is 1.78 bits per heavy atom. The van der Waals surface area contributed by atoms with E-state index in [9.17, 15) is 23.1 Å². The van der Waals surface area contributed by atoms with Crippen molar-refractivity contribution in [1.29, 1.82) is 0 Å². The average molecular weight is 341 g/mol. The maximum absolute atomic E-state index is 11.8. The van der Waals surface area contributed by atoms with E-state index >= 15 is 0 Å². The zero-order valence-electron chi connectivity index (χ0n) is 13.4. The highest BCUT2D eigenvalue weighted by Crippen LogP contribution is 2.05. The molecule has 6 nitrogen and oxygen atoms in total. The minimum Gasteiger partial charge on any atom is -0.480 e. The maximum Gasteiger partial charge on any atom is 0.326 e. The molecule has 23 heavy (non-hydrogen) atoms. The molecule has 1 atom stereocenters. The van der Waals surface area contributed by atoms with Crippen LogP contribution >= 0.6 is 0 Å². The van der Waals surface area contributed by atoms with Gasteiger partial charge in [0.1, 0.15) is 6.04 Å². The second-order valence-corrected chi connectivity index (χ2v) is 8.13. The van der Waals surface area contributed by atoms with E-state index in [0.717, 1.165) is 5.56 Å². The van der Waals surface area contributed by atoms with Gasteiger partial charge in [-0.25, -0.2) is 13.2 Å². The summed E-state index contributed by atoms with van der Waals surface area (Å²) in [5, 5.41) is 11.6. The van der Waals surface area contributed by atoms with Crippen molar-refractivity contribution < 1.29 is 23.1 Å². The van der Waals surface area contributed by atoms with Crippen LogP contribution in [0.25, 0.3) is 0 Å². The number of carboxylic acid groups (broad SMARTS) is 1. The molecule has 2 N–H and O–H groups in total. The molecule has 0 saturated heterocycles. The molecule has 1 aromatic rings. The Kier molecular flexibility index (Phi) is 7.22. The first kappa shape index (κ1) is 19.2. The van der Waals surface area contributed by atoms with Crippen LogP contribution in [0.5, 0.6) is 0 Å². The van der Waals surface area contributed by atoms with Gasteiger partial charge in [-0.05, 0) is 11.5 Å². The SMILES string of the molecule is CC(C)CS(=O)(=O)CCC(=O)N[C@H](Cc1ccccc1)C(=O)O. The molecule has 0 radical (unpaired) electrons. The Hall–Kier alpha value is -1.89. The second kappa shape index (κ2) is 8.67. The van der Waals surface area contributed by atoms with Crippen LogP contribution in [0.1, 0.15) is 25.8 Å². The van der Waals surface area contributed by atoms with E-state index in [0.29, 0.717) is 0 Å². The molecule has 1 rings (SSSR count). The molecule has 0 heterocycles. The van der Waals surface area contributed by atoms with Gasteiger partial charge in [-0.1, -0.05) is 44.2 Å². The minimum absolute atomic E-state index is 0.00656. The summed E-state index contributed by atoms with van der Waals surface area (Å²) in [5.41, 5.74) is 0.785. The van der Waals surface area contributed by atoms with Crippen LogP contribution in [-0.2, 0) is 25.8 Å². The normalized spacial score (nSPS) is 12.8. The lowest BCUT2D eigenvalue weighted by atomic mass is 10.1. The summed E-state index contributed by atoms with van der Waals surface area (Å²) in [6.07, 6.45) is -0.0751. The first-order valence-electron chi connectivity index (χ1n) is 7.46. The van der Waals surface area contributed by atoms with Gasteiger partial charge in [0, 0.05) is 12.8 Å². The predicted molar refractivity (Wildman–Crippen MR) is 87.8 cm³/mol. The van der Waals surface area contributed by atoms with E-state index < -0.39 is 27.8 Å². The average Bonchev–Trinajstić information content (AvgIpc) is 2.44. The van der Waals surface area contributed by atoms with E-state index in [2.05, 4.69) is 5.32 Å². The highest BCUT2D eigenvalue weighted by atomic mass is 32.2. The van der Waals surface area contributed by atoms with Gasteiger partial charge in [0.05, 0.1) is 11.5 Å². The van der Waals surface area contributed by atoms with E-state index in [1.54, 1.807) is 38.1 Å². The minimum atomic E-state index is -3.30. The molecule has 0 fully saturated rings. The molecule has 0 saturated carbocycles. The van der Waals surface area contributed by atoms with Gasteiger partial charge in [0.25, 0.3) is 0 Å². The molecule has 1 amide bonds. The number of carbonyl (C=O) groups is 2. The molecular weight excluding hydrogens is 318 g/mol. The Morgan fingerprint density at radius 1 is 1.17 bits per heavy atom. The fraction of sp³-hybridized carbons (Fsp3) is 0.500. The number of carbonyl (C=O) groups excluding carboxylic acids is 1. The Balaban J connectivity index is 2.57. The summed E-state index contributed by atoms with van der Waals surface area (Å²) >= 11 is 0. The zero-order chi connectivity index (χ0) is 17.5. The fourth-order valence-electron chi connectivity index (χ4n) is 2.16. The van der Waals surface area contributed by atoms with Gasteiger partial charge < -0.3 is 10.4 Å². The monoisotopic (exact) mass is 341 g/mol. The van der Waals surface area contributed by atoms with Crippen molar-refractivity contribution in [2.75, 3.05) is 11.5 Å². The smallest absolute Gasteiger partial charge is 0.326 e. The molecular formula is C16H23NO5S.